The number of imidazole rings is 1. The number of H-pyrrole nitrogens is 1. The van der Waals surface area contributed by atoms with Gasteiger partial charge in [-0.25, -0.2) is 4.98 Å². The molecule has 138 valence electrons. The van der Waals surface area contributed by atoms with Crippen molar-refractivity contribution in [2.75, 3.05) is 26.3 Å². The first-order valence-corrected chi connectivity index (χ1v) is 9.73. The van der Waals surface area contributed by atoms with Crippen molar-refractivity contribution < 1.29 is 9.84 Å². The molecule has 0 bridgehead atoms. The van der Waals surface area contributed by atoms with Crippen molar-refractivity contribution in [2.45, 2.75) is 52.0 Å². The number of ether oxygens (including phenoxy) is 1. The Morgan fingerprint density at radius 1 is 1.24 bits per heavy atom. The highest BCUT2D eigenvalue weighted by Gasteiger charge is 2.16. The molecule has 0 unspecified atom stereocenters. The number of aromatic nitrogens is 2. The van der Waals surface area contributed by atoms with Crippen LogP contribution in [0.4, 0.5) is 0 Å². The highest BCUT2D eigenvalue weighted by atomic mass is 16.5. The fourth-order valence-corrected chi connectivity index (χ4v) is 3.75. The summed E-state index contributed by atoms with van der Waals surface area (Å²) in [7, 11) is 0. The fourth-order valence-electron chi connectivity index (χ4n) is 3.75. The van der Waals surface area contributed by atoms with Crippen molar-refractivity contribution in [3.05, 3.63) is 24.0 Å². The summed E-state index contributed by atoms with van der Waals surface area (Å²) in [5.41, 5.74) is 1.95. The standard InChI is InChI=1S/C20H31N3O2/c1-2-11-23(12-13-24)14-19-21-17-9-6-10-18(20(17)22-19)25-15-16-7-4-3-5-8-16/h6,9-10,16,24H,2-5,7-8,11-15H2,1H3,(H,21,22). The number of fused-ring (bicyclic) bond motifs is 1. The van der Waals surface area contributed by atoms with Crippen LogP contribution < -0.4 is 4.74 Å². The summed E-state index contributed by atoms with van der Waals surface area (Å²) in [4.78, 5) is 10.4. The van der Waals surface area contributed by atoms with Crippen LogP contribution in [0.5, 0.6) is 5.75 Å². The predicted octanol–water partition coefficient (Wildman–Crippen LogP) is 3.73. The third-order valence-corrected chi connectivity index (χ3v) is 5.05. The molecule has 2 aromatic rings. The van der Waals surface area contributed by atoms with Gasteiger partial charge in [0.05, 0.1) is 25.3 Å². The first-order valence-electron chi connectivity index (χ1n) is 9.73. The summed E-state index contributed by atoms with van der Waals surface area (Å²) in [6.45, 7) is 5.49. The topological polar surface area (TPSA) is 61.4 Å². The monoisotopic (exact) mass is 345 g/mol. The molecule has 5 nitrogen and oxygen atoms in total. The number of hydrogen-bond donors (Lipinski definition) is 2. The van der Waals surface area contributed by atoms with Crippen molar-refractivity contribution in [2.24, 2.45) is 5.92 Å². The Kier molecular flexibility index (Phi) is 6.70. The molecule has 1 fully saturated rings. The lowest BCUT2D eigenvalue weighted by Crippen LogP contribution is -2.27. The smallest absolute Gasteiger partial charge is 0.147 e. The maximum Gasteiger partial charge on any atom is 0.147 e. The average molecular weight is 345 g/mol. The quantitative estimate of drug-likeness (QED) is 0.727. The van der Waals surface area contributed by atoms with Crippen molar-refractivity contribution in [1.29, 1.82) is 0 Å². The SMILES string of the molecule is CCCN(CCO)Cc1nc2c(OCC3CCCCC3)cccc2[nH]1. The van der Waals surface area contributed by atoms with E-state index in [1.807, 2.05) is 12.1 Å². The van der Waals surface area contributed by atoms with E-state index in [1.54, 1.807) is 0 Å². The van der Waals surface area contributed by atoms with Crippen LogP contribution >= 0.6 is 0 Å². The second-order valence-electron chi connectivity index (χ2n) is 7.15. The summed E-state index contributed by atoms with van der Waals surface area (Å²) >= 11 is 0. The van der Waals surface area contributed by atoms with Gasteiger partial charge in [0.2, 0.25) is 0 Å². The van der Waals surface area contributed by atoms with Crippen LogP contribution in [0.2, 0.25) is 0 Å². The Balaban J connectivity index is 1.68. The Labute approximate surface area is 150 Å². The zero-order valence-electron chi connectivity index (χ0n) is 15.3. The Bertz CT molecular complexity index is 643. The molecule has 1 aromatic heterocycles. The number of hydrogen-bond acceptors (Lipinski definition) is 4. The van der Waals surface area contributed by atoms with Gasteiger partial charge in [0.15, 0.2) is 0 Å². The van der Waals surface area contributed by atoms with Crippen LogP contribution in [-0.4, -0.2) is 46.3 Å². The third-order valence-electron chi connectivity index (χ3n) is 5.05. The Morgan fingerprint density at radius 2 is 2.08 bits per heavy atom. The van der Waals surface area contributed by atoms with Gasteiger partial charge >= 0.3 is 0 Å². The zero-order valence-corrected chi connectivity index (χ0v) is 15.3. The molecule has 0 aliphatic heterocycles. The van der Waals surface area contributed by atoms with Gasteiger partial charge in [0.25, 0.3) is 0 Å². The lowest BCUT2D eigenvalue weighted by Gasteiger charge is -2.21. The molecule has 1 aliphatic rings. The van der Waals surface area contributed by atoms with Gasteiger partial charge in [-0.1, -0.05) is 32.3 Å². The molecule has 0 spiro atoms. The molecule has 1 saturated carbocycles. The van der Waals surface area contributed by atoms with Gasteiger partial charge in [0, 0.05) is 6.54 Å². The summed E-state index contributed by atoms with van der Waals surface area (Å²) in [5.74, 6) is 2.51. The molecular formula is C20H31N3O2. The van der Waals surface area contributed by atoms with Gasteiger partial charge in [-0.05, 0) is 43.9 Å². The summed E-state index contributed by atoms with van der Waals surface area (Å²) in [5, 5.41) is 9.23. The fraction of sp³-hybridized carbons (Fsp3) is 0.650. The maximum atomic E-state index is 9.23. The molecule has 1 aliphatic carbocycles. The van der Waals surface area contributed by atoms with Crippen LogP contribution in [0.15, 0.2) is 18.2 Å². The molecule has 5 heteroatoms. The van der Waals surface area contributed by atoms with Gasteiger partial charge in [-0.15, -0.1) is 0 Å². The minimum Gasteiger partial charge on any atom is -0.491 e. The van der Waals surface area contributed by atoms with Gasteiger partial charge in [-0.3, -0.25) is 4.90 Å². The maximum absolute atomic E-state index is 9.23. The minimum atomic E-state index is 0.177. The number of nitrogens with zero attached hydrogens (tertiary/aromatic N) is 2. The van der Waals surface area contributed by atoms with Crippen LogP contribution in [0.25, 0.3) is 11.0 Å². The molecule has 1 heterocycles. The molecule has 3 rings (SSSR count). The number of aromatic amines is 1. The molecule has 25 heavy (non-hydrogen) atoms. The van der Waals surface area contributed by atoms with E-state index >= 15 is 0 Å². The van der Waals surface area contributed by atoms with Gasteiger partial charge < -0.3 is 14.8 Å². The predicted molar refractivity (Wildman–Crippen MR) is 101 cm³/mol. The van der Waals surface area contributed by atoms with Crippen molar-refractivity contribution in [1.82, 2.24) is 14.9 Å². The first kappa shape index (κ1) is 18.2. The Hall–Kier alpha value is -1.59. The number of aliphatic hydroxyl groups is 1. The third kappa shape index (κ3) is 4.95. The van der Waals surface area contributed by atoms with E-state index in [4.69, 9.17) is 9.72 Å². The van der Waals surface area contributed by atoms with Crippen LogP contribution in [-0.2, 0) is 6.54 Å². The number of para-hydroxylation sites is 1. The lowest BCUT2D eigenvalue weighted by molar-refractivity contribution is 0.188. The largest absolute Gasteiger partial charge is 0.491 e. The molecule has 0 atom stereocenters. The molecule has 0 saturated heterocycles. The highest BCUT2D eigenvalue weighted by molar-refractivity contribution is 5.81. The normalized spacial score (nSPS) is 16.0. The summed E-state index contributed by atoms with van der Waals surface area (Å²) in [6.07, 6.45) is 7.68. The lowest BCUT2D eigenvalue weighted by atomic mass is 9.90. The molecular weight excluding hydrogens is 314 g/mol. The van der Waals surface area contributed by atoms with Crippen LogP contribution in [0, 0.1) is 5.92 Å². The zero-order chi connectivity index (χ0) is 17.5. The van der Waals surface area contributed by atoms with Crippen molar-refractivity contribution >= 4 is 11.0 Å². The number of rotatable bonds is 9. The van der Waals surface area contributed by atoms with Crippen molar-refractivity contribution in [3.63, 3.8) is 0 Å². The van der Waals surface area contributed by atoms with E-state index in [2.05, 4.69) is 22.9 Å². The van der Waals surface area contributed by atoms with E-state index in [1.165, 1.54) is 32.1 Å². The highest BCUT2D eigenvalue weighted by Crippen LogP contribution is 2.28. The van der Waals surface area contributed by atoms with Gasteiger partial charge in [0.1, 0.15) is 17.1 Å². The summed E-state index contributed by atoms with van der Waals surface area (Å²) < 4.78 is 6.14. The van der Waals surface area contributed by atoms with Gasteiger partial charge in [-0.2, -0.15) is 0 Å². The second kappa shape index (κ2) is 9.20. The van der Waals surface area contributed by atoms with E-state index in [0.29, 0.717) is 12.5 Å². The van der Waals surface area contributed by atoms with E-state index in [-0.39, 0.29) is 6.61 Å². The number of nitrogens with one attached hydrogen (secondary N) is 1. The second-order valence-corrected chi connectivity index (χ2v) is 7.15. The number of aliphatic hydroxyl groups excluding tert-OH is 1. The molecule has 0 amide bonds. The van der Waals surface area contributed by atoms with Crippen LogP contribution in [0.1, 0.15) is 51.3 Å². The first-order chi connectivity index (χ1) is 12.3. The van der Waals surface area contributed by atoms with Crippen LogP contribution in [0.3, 0.4) is 0 Å². The molecule has 2 N–H and O–H groups in total. The van der Waals surface area contributed by atoms with E-state index in [9.17, 15) is 5.11 Å². The summed E-state index contributed by atoms with van der Waals surface area (Å²) in [6, 6.07) is 6.10. The Morgan fingerprint density at radius 3 is 2.84 bits per heavy atom. The molecule has 0 radical (unpaired) electrons. The van der Waals surface area contributed by atoms with E-state index in [0.717, 1.165) is 48.7 Å². The molecule has 1 aromatic carbocycles. The van der Waals surface area contributed by atoms with Crippen molar-refractivity contribution in [3.8, 4) is 5.75 Å². The number of benzene rings is 1. The average Bonchev–Trinajstić information content (AvgIpc) is 3.04. The minimum absolute atomic E-state index is 0.177. The van der Waals surface area contributed by atoms with E-state index < -0.39 is 0 Å².